The molecule has 0 saturated heterocycles. The van der Waals surface area contributed by atoms with E-state index < -0.39 is 0 Å². The van der Waals surface area contributed by atoms with E-state index in [1.807, 2.05) is 24.3 Å². The molecular formula is C18H16N2O3. The molecule has 2 aromatic rings. The van der Waals surface area contributed by atoms with Gasteiger partial charge in [0.2, 0.25) is 0 Å². The number of carbonyl (C=O) groups is 1. The van der Waals surface area contributed by atoms with E-state index >= 15 is 0 Å². The number of hydrogen-bond acceptors (Lipinski definition) is 4. The van der Waals surface area contributed by atoms with E-state index in [9.17, 15) is 4.79 Å². The summed E-state index contributed by atoms with van der Waals surface area (Å²) in [4.78, 5) is 16.5. The summed E-state index contributed by atoms with van der Waals surface area (Å²) < 4.78 is 5.84. The van der Waals surface area contributed by atoms with Crippen LogP contribution in [0.15, 0.2) is 36.5 Å². The van der Waals surface area contributed by atoms with Crippen LogP contribution in [0.5, 0.6) is 0 Å². The largest absolute Gasteiger partial charge is 0.487 e. The molecule has 1 amide bonds. The van der Waals surface area contributed by atoms with Gasteiger partial charge in [-0.15, -0.1) is 0 Å². The Morgan fingerprint density at radius 3 is 3.04 bits per heavy atom. The van der Waals surface area contributed by atoms with Gasteiger partial charge in [-0.25, -0.2) is 4.98 Å². The number of aliphatic hydroxyl groups excluding tert-OH is 1. The van der Waals surface area contributed by atoms with Gasteiger partial charge in [0.05, 0.1) is 5.57 Å². The monoisotopic (exact) mass is 308 g/mol. The number of rotatable bonds is 3. The van der Waals surface area contributed by atoms with Crippen molar-refractivity contribution in [3.05, 3.63) is 58.8 Å². The molecule has 0 saturated carbocycles. The van der Waals surface area contributed by atoms with Gasteiger partial charge in [-0.1, -0.05) is 18.2 Å². The molecule has 23 heavy (non-hydrogen) atoms. The maximum atomic E-state index is 12.3. The second-order valence-corrected chi connectivity index (χ2v) is 5.67. The summed E-state index contributed by atoms with van der Waals surface area (Å²) in [5.41, 5.74) is 4.54. The molecule has 2 N–H and O–H groups in total. The fraction of sp³-hybridized carbons (Fsp3) is 0.222. The zero-order valence-electron chi connectivity index (χ0n) is 12.5. The number of pyridine rings is 1. The predicted molar refractivity (Wildman–Crippen MR) is 86.3 cm³/mol. The lowest BCUT2D eigenvalue weighted by molar-refractivity contribution is -0.110. The molecule has 2 aliphatic heterocycles. The van der Waals surface area contributed by atoms with Crippen molar-refractivity contribution in [2.24, 2.45) is 0 Å². The van der Waals surface area contributed by atoms with E-state index in [0.29, 0.717) is 23.8 Å². The summed E-state index contributed by atoms with van der Waals surface area (Å²) in [6, 6.07) is 9.81. The minimum absolute atomic E-state index is 0.175. The van der Waals surface area contributed by atoms with Crippen molar-refractivity contribution in [2.75, 3.05) is 11.9 Å². The smallest absolute Gasteiger partial charge is 0.261 e. The van der Waals surface area contributed by atoms with Crippen molar-refractivity contribution >= 4 is 23.1 Å². The molecule has 1 aromatic carbocycles. The number of aryl methyl sites for hydroxylation is 1. The molecule has 4 rings (SSSR count). The number of fused-ring (bicyclic) bond motifs is 2. The van der Waals surface area contributed by atoms with E-state index in [-0.39, 0.29) is 12.5 Å². The van der Waals surface area contributed by atoms with Gasteiger partial charge in [-0.2, -0.15) is 0 Å². The molecule has 5 nitrogen and oxygen atoms in total. The molecule has 0 radical (unpaired) electrons. The van der Waals surface area contributed by atoms with Crippen molar-refractivity contribution < 1.29 is 14.6 Å². The van der Waals surface area contributed by atoms with Crippen LogP contribution in [0, 0.1) is 0 Å². The third kappa shape index (κ3) is 2.29. The summed E-state index contributed by atoms with van der Waals surface area (Å²) in [6.07, 6.45) is 3.24. The summed E-state index contributed by atoms with van der Waals surface area (Å²) >= 11 is 0. The van der Waals surface area contributed by atoms with Crippen LogP contribution in [0.25, 0.3) is 11.3 Å². The number of nitrogens with zero attached hydrogens (tertiary/aromatic N) is 1. The highest BCUT2D eigenvalue weighted by Gasteiger charge is 2.32. The van der Waals surface area contributed by atoms with Gasteiger partial charge in [0, 0.05) is 29.5 Å². The molecule has 5 heteroatoms. The summed E-state index contributed by atoms with van der Waals surface area (Å²) in [5, 5.41) is 11.7. The summed E-state index contributed by atoms with van der Waals surface area (Å²) in [7, 11) is 0. The number of nitrogens with one attached hydrogen (secondary N) is 1. The molecule has 0 unspecified atom stereocenters. The topological polar surface area (TPSA) is 71.5 Å². The highest BCUT2D eigenvalue weighted by atomic mass is 16.5. The summed E-state index contributed by atoms with van der Waals surface area (Å²) in [6.45, 7) is 0.650. The Kier molecular flexibility index (Phi) is 3.35. The molecule has 0 bridgehead atoms. The van der Waals surface area contributed by atoms with E-state index in [2.05, 4.69) is 16.4 Å². The van der Waals surface area contributed by atoms with Crippen molar-refractivity contribution in [1.29, 1.82) is 0 Å². The average molecular weight is 308 g/mol. The lowest BCUT2D eigenvalue weighted by atomic mass is 9.98. The van der Waals surface area contributed by atoms with Crippen molar-refractivity contribution in [3.8, 4) is 0 Å². The maximum absolute atomic E-state index is 12.3. The number of hydrogen-bond donors (Lipinski definition) is 2. The van der Waals surface area contributed by atoms with Crippen LogP contribution in [0.1, 0.15) is 28.7 Å². The van der Waals surface area contributed by atoms with Gasteiger partial charge < -0.3 is 15.2 Å². The molecule has 3 heterocycles. The summed E-state index contributed by atoms with van der Waals surface area (Å²) in [5.74, 6) is 1.03. The highest BCUT2D eigenvalue weighted by molar-refractivity contribution is 6.35. The van der Waals surface area contributed by atoms with Crippen molar-refractivity contribution in [3.63, 3.8) is 0 Å². The number of aromatic nitrogens is 1. The normalized spacial score (nSPS) is 18.4. The Hall–Kier alpha value is -2.66. The van der Waals surface area contributed by atoms with Gasteiger partial charge in [0.1, 0.15) is 18.2 Å². The van der Waals surface area contributed by atoms with Gasteiger partial charge in [-0.05, 0) is 30.5 Å². The lowest BCUT2D eigenvalue weighted by Gasteiger charge is -2.05. The highest BCUT2D eigenvalue weighted by Crippen LogP contribution is 2.40. The van der Waals surface area contributed by atoms with Gasteiger partial charge >= 0.3 is 0 Å². The predicted octanol–water partition coefficient (Wildman–Crippen LogP) is 2.36. The molecule has 0 aliphatic carbocycles. The molecule has 1 aromatic heterocycles. The van der Waals surface area contributed by atoms with Crippen LogP contribution in [-0.2, 0) is 22.6 Å². The zero-order valence-corrected chi connectivity index (χ0v) is 12.5. The standard InChI is InChI=1S/C18H16N2O3/c21-8-2-3-11-5-6-13-12(9-11)10-23-16(13)15-14-4-1-7-19-17(14)20-18(15)22/h1,4-7,9,21H,2-3,8,10H2,(H,19,20,22)/b16-15+. The number of amides is 1. The number of anilines is 1. The number of ether oxygens (including phenoxy) is 1. The Labute approximate surface area is 133 Å². The van der Waals surface area contributed by atoms with Crippen LogP contribution in [0.2, 0.25) is 0 Å². The van der Waals surface area contributed by atoms with Crippen LogP contribution in [-0.4, -0.2) is 22.6 Å². The molecule has 0 spiro atoms. The number of aliphatic hydroxyl groups is 1. The van der Waals surface area contributed by atoms with Crippen molar-refractivity contribution in [1.82, 2.24) is 4.98 Å². The third-order valence-electron chi connectivity index (χ3n) is 4.17. The molecule has 0 atom stereocenters. The van der Waals surface area contributed by atoms with E-state index in [1.165, 1.54) is 5.56 Å². The van der Waals surface area contributed by atoms with Crippen LogP contribution >= 0.6 is 0 Å². The molecule has 116 valence electrons. The van der Waals surface area contributed by atoms with Crippen LogP contribution in [0.3, 0.4) is 0 Å². The Morgan fingerprint density at radius 2 is 2.17 bits per heavy atom. The number of carbonyl (C=O) groups excluding carboxylic acids is 1. The van der Waals surface area contributed by atoms with E-state index in [4.69, 9.17) is 9.84 Å². The molecule has 2 aliphatic rings. The first kappa shape index (κ1) is 14.0. The van der Waals surface area contributed by atoms with E-state index in [0.717, 1.165) is 29.5 Å². The van der Waals surface area contributed by atoms with Crippen molar-refractivity contribution in [2.45, 2.75) is 19.4 Å². The second kappa shape index (κ2) is 5.52. The lowest BCUT2D eigenvalue weighted by Crippen LogP contribution is -2.06. The number of benzene rings is 1. The van der Waals surface area contributed by atoms with Crippen LogP contribution < -0.4 is 5.32 Å². The Morgan fingerprint density at radius 1 is 1.26 bits per heavy atom. The zero-order chi connectivity index (χ0) is 15.8. The second-order valence-electron chi connectivity index (χ2n) is 5.67. The first-order valence-corrected chi connectivity index (χ1v) is 7.65. The Balaban J connectivity index is 1.78. The first-order chi connectivity index (χ1) is 11.3. The fourth-order valence-corrected chi connectivity index (χ4v) is 3.09. The first-order valence-electron chi connectivity index (χ1n) is 7.65. The van der Waals surface area contributed by atoms with Gasteiger partial charge in [-0.3, -0.25) is 4.79 Å². The minimum atomic E-state index is -0.175. The quantitative estimate of drug-likeness (QED) is 0.854. The molecular weight excluding hydrogens is 292 g/mol. The SMILES string of the molecule is O=C1Nc2ncccc2/C1=C1\OCc2cc(CCCO)ccc21. The molecule has 0 fully saturated rings. The van der Waals surface area contributed by atoms with E-state index in [1.54, 1.807) is 6.20 Å². The average Bonchev–Trinajstić information content (AvgIpc) is 3.12. The Bertz CT molecular complexity index is 827. The van der Waals surface area contributed by atoms with Gasteiger partial charge in [0.15, 0.2) is 0 Å². The van der Waals surface area contributed by atoms with Crippen LogP contribution in [0.4, 0.5) is 5.82 Å². The fourth-order valence-electron chi connectivity index (χ4n) is 3.09. The van der Waals surface area contributed by atoms with Gasteiger partial charge in [0.25, 0.3) is 5.91 Å². The maximum Gasteiger partial charge on any atom is 0.261 e. The third-order valence-corrected chi connectivity index (χ3v) is 4.17. The minimum Gasteiger partial charge on any atom is -0.487 e.